The summed E-state index contributed by atoms with van der Waals surface area (Å²) in [6, 6.07) is 9.18. The Morgan fingerprint density at radius 3 is 1.89 bits per heavy atom. The number of hydrogen-bond donors (Lipinski definition) is 0. The lowest BCUT2D eigenvalue weighted by atomic mass is 10.3. The Labute approximate surface area is 162 Å². The minimum atomic E-state index is -3.71. The lowest BCUT2D eigenvalue weighted by Gasteiger charge is -2.29. The zero-order chi connectivity index (χ0) is 20.5. The van der Waals surface area contributed by atoms with Crippen molar-refractivity contribution >= 4 is 21.0 Å². The molecule has 0 saturated carbocycles. The molecular weight excluding hydrogens is 388 g/mol. The molecule has 1 rings (SSSR count). The first-order chi connectivity index (χ1) is 12.7. The second kappa shape index (κ2) is 11.2. The second-order valence-electron chi connectivity index (χ2n) is 6.03. The van der Waals surface area contributed by atoms with Gasteiger partial charge in [-0.25, -0.2) is 0 Å². The van der Waals surface area contributed by atoms with Crippen LogP contribution in [-0.4, -0.2) is 25.4 Å². The van der Waals surface area contributed by atoms with Crippen LogP contribution in [0.15, 0.2) is 47.2 Å². The molecule has 7 nitrogen and oxygen atoms in total. The molecule has 0 saturated heterocycles. The third-order valence-corrected chi connectivity index (χ3v) is 7.15. The topological polar surface area (TPSA) is 75.6 Å². The van der Waals surface area contributed by atoms with E-state index in [1.807, 2.05) is 45.9 Å². The summed E-state index contributed by atoms with van der Waals surface area (Å²) in [5.74, 6) is 0. The van der Waals surface area contributed by atoms with E-state index in [1.165, 1.54) is 0 Å². The first-order valence-corrected chi connectivity index (χ1v) is 12.0. The van der Waals surface area contributed by atoms with Gasteiger partial charge in [0.05, 0.1) is 31.1 Å². The zero-order valence-electron chi connectivity index (χ0n) is 17.0. The molecule has 0 aliphatic carbocycles. The summed E-state index contributed by atoms with van der Waals surface area (Å²) in [5.41, 5.74) is 0.433. The molecule has 1 aromatic carbocycles. The van der Waals surface area contributed by atoms with E-state index < -0.39 is 15.3 Å². The third kappa shape index (κ3) is 7.90. The fourth-order valence-electron chi connectivity index (χ4n) is 2.01. The van der Waals surface area contributed by atoms with Crippen LogP contribution in [0.1, 0.15) is 41.5 Å². The highest BCUT2D eigenvalue weighted by Gasteiger charge is 2.38. The third-order valence-electron chi connectivity index (χ3n) is 2.81. The van der Waals surface area contributed by atoms with Crippen molar-refractivity contribution in [3.8, 4) is 0 Å². The van der Waals surface area contributed by atoms with Crippen LogP contribution in [0, 0.1) is 0 Å². The molecule has 0 fully saturated rings. The first kappa shape index (κ1) is 24.1. The number of hydrogen-bond acceptors (Lipinski definition) is 7. The van der Waals surface area contributed by atoms with Gasteiger partial charge in [-0.2, -0.15) is 4.74 Å². The van der Waals surface area contributed by atoms with Crippen molar-refractivity contribution in [3.63, 3.8) is 0 Å². The van der Waals surface area contributed by atoms with E-state index in [4.69, 9.17) is 22.6 Å². The highest BCUT2D eigenvalue weighted by Crippen LogP contribution is 2.66. The Balaban J connectivity index is 3.40. The largest absolute Gasteiger partial charge is 0.416 e. The average molecular weight is 419 g/mol. The average Bonchev–Trinajstić information content (AvgIpc) is 2.54. The van der Waals surface area contributed by atoms with Crippen LogP contribution in [0.5, 0.6) is 0 Å². The summed E-state index contributed by atoms with van der Waals surface area (Å²) in [6.07, 6.45) is -0.508. The summed E-state index contributed by atoms with van der Waals surface area (Å²) >= 11 is 0. The van der Waals surface area contributed by atoms with Gasteiger partial charge in [-0.15, -0.1) is 0 Å². The van der Waals surface area contributed by atoms with Crippen LogP contribution in [0.2, 0.25) is 0 Å². The van der Waals surface area contributed by atoms with E-state index in [2.05, 4.69) is 11.3 Å². The van der Waals surface area contributed by atoms with Crippen molar-refractivity contribution in [1.82, 2.24) is 0 Å². The highest BCUT2D eigenvalue weighted by molar-refractivity contribution is 7.59. The van der Waals surface area contributed by atoms with E-state index >= 15 is 0 Å². The maximum atomic E-state index is 13.0. The molecule has 0 amide bonds. The molecule has 0 bridgehead atoms. The smallest absolute Gasteiger partial charge is 0.410 e. The monoisotopic (exact) mass is 419 g/mol. The van der Waals surface area contributed by atoms with Crippen LogP contribution < -0.4 is 0 Å². The van der Waals surface area contributed by atoms with E-state index in [0.29, 0.717) is 5.69 Å². The van der Waals surface area contributed by atoms with Crippen molar-refractivity contribution in [2.75, 3.05) is 13.2 Å². The van der Waals surface area contributed by atoms with Gasteiger partial charge in [0.15, 0.2) is 0 Å². The molecular formula is C18H31NO6P2. The van der Waals surface area contributed by atoms with Gasteiger partial charge < -0.3 is 13.6 Å². The first-order valence-electron chi connectivity index (χ1n) is 8.98. The number of nitrogens with zero attached hydrogens (tertiary/aromatic N) is 1. The Hall–Kier alpha value is -0.940. The van der Waals surface area contributed by atoms with Crippen LogP contribution in [-0.2, 0) is 27.2 Å². The fraction of sp³-hybridized carbons (Fsp3) is 0.556. The Morgan fingerprint density at radius 1 is 1.00 bits per heavy atom. The summed E-state index contributed by atoms with van der Waals surface area (Å²) in [6.45, 7) is 14.9. The minimum Gasteiger partial charge on any atom is -0.410 e. The van der Waals surface area contributed by atoms with Gasteiger partial charge in [0, 0.05) is 0 Å². The maximum absolute atomic E-state index is 13.0. The van der Waals surface area contributed by atoms with Gasteiger partial charge in [-0.05, 0) is 60.3 Å². The number of benzene rings is 1. The van der Waals surface area contributed by atoms with Crippen LogP contribution in [0.25, 0.3) is 0 Å². The number of rotatable bonds is 12. The van der Waals surface area contributed by atoms with Gasteiger partial charge >= 0.3 is 15.3 Å². The molecule has 9 heteroatoms. The van der Waals surface area contributed by atoms with Crippen molar-refractivity contribution in [1.29, 1.82) is 0 Å². The molecule has 1 aromatic rings. The van der Waals surface area contributed by atoms with Gasteiger partial charge in [-0.1, -0.05) is 18.2 Å². The molecule has 154 valence electrons. The summed E-state index contributed by atoms with van der Waals surface area (Å²) in [4.78, 5) is 0. The van der Waals surface area contributed by atoms with E-state index in [9.17, 15) is 4.57 Å². The quantitative estimate of drug-likeness (QED) is 0.272. The van der Waals surface area contributed by atoms with Crippen molar-refractivity contribution in [2.24, 2.45) is 4.74 Å². The maximum Gasteiger partial charge on any atom is 0.416 e. The Bertz CT molecular complexity index is 666. The Kier molecular flexibility index (Phi) is 9.96. The minimum absolute atomic E-state index is 0.178. The van der Waals surface area contributed by atoms with Gasteiger partial charge in [-0.3, -0.25) is 13.6 Å². The predicted molar refractivity (Wildman–Crippen MR) is 109 cm³/mol. The molecule has 0 atom stereocenters. The van der Waals surface area contributed by atoms with Crippen molar-refractivity contribution in [2.45, 2.75) is 53.8 Å². The van der Waals surface area contributed by atoms with Gasteiger partial charge in [0.25, 0.3) is 0 Å². The molecule has 0 spiro atoms. The van der Waals surface area contributed by atoms with E-state index in [-0.39, 0.29) is 30.9 Å². The zero-order valence-corrected chi connectivity index (χ0v) is 18.7. The van der Waals surface area contributed by atoms with E-state index in [0.717, 1.165) is 0 Å². The fourth-order valence-corrected chi connectivity index (χ4v) is 5.78. The molecule has 27 heavy (non-hydrogen) atoms. The molecule has 0 N–H and O–H groups in total. The lowest BCUT2D eigenvalue weighted by molar-refractivity contribution is 0.117. The lowest BCUT2D eigenvalue weighted by Crippen LogP contribution is -2.11. The molecule has 0 aliphatic rings. The SMILES string of the molecule is C=C(OP(=Nc1ccccc1)(OC(C)C)OC(C)C)P(=O)(OCC)OCC. The van der Waals surface area contributed by atoms with Gasteiger partial charge in [0.1, 0.15) is 0 Å². The molecule has 0 aromatic heterocycles. The molecule has 0 unspecified atom stereocenters. The molecule has 0 radical (unpaired) electrons. The summed E-state index contributed by atoms with van der Waals surface area (Å²) in [7, 11) is -7.04. The van der Waals surface area contributed by atoms with E-state index in [1.54, 1.807) is 26.0 Å². The second-order valence-corrected chi connectivity index (χ2v) is 9.78. The molecule has 0 aliphatic heterocycles. The van der Waals surface area contributed by atoms with Gasteiger partial charge in [0.2, 0.25) is 5.50 Å². The summed E-state index contributed by atoms with van der Waals surface area (Å²) < 4.78 is 46.1. The standard InChI is InChI=1S/C18H31NO6P2/c1-8-21-26(20,22-9-2)17(7)25-27(23-15(3)4,24-16(5)6)19-18-13-11-10-12-14-18/h10-16H,7-9H2,1-6H3. The van der Waals surface area contributed by atoms with Crippen molar-refractivity contribution in [3.05, 3.63) is 42.4 Å². The van der Waals surface area contributed by atoms with Crippen LogP contribution in [0.4, 0.5) is 5.69 Å². The highest BCUT2D eigenvalue weighted by atomic mass is 31.2. The summed E-state index contributed by atoms with van der Waals surface area (Å²) in [5, 5.41) is 0. The molecule has 0 heterocycles. The van der Waals surface area contributed by atoms with Crippen LogP contribution in [0.3, 0.4) is 0 Å². The normalized spacial score (nSPS) is 12.4. The van der Waals surface area contributed by atoms with Crippen LogP contribution >= 0.6 is 15.3 Å². The predicted octanol–water partition coefficient (Wildman–Crippen LogP) is 6.87. The Morgan fingerprint density at radius 2 is 1.48 bits per heavy atom. The van der Waals surface area contributed by atoms with Crippen molar-refractivity contribution < 1.29 is 27.2 Å².